The van der Waals surface area contributed by atoms with E-state index in [4.69, 9.17) is 21.3 Å². The van der Waals surface area contributed by atoms with Crippen molar-refractivity contribution in [3.63, 3.8) is 0 Å². The summed E-state index contributed by atoms with van der Waals surface area (Å²) in [5, 5.41) is 19.1. The molecule has 3 aromatic heterocycles. The third-order valence-corrected chi connectivity index (χ3v) is 8.34. The fourth-order valence-electron chi connectivity index (χ4n) is 4.63. The minimum Gasteiger partial charge on any atom is -0.442 e. The molecule has 1 aliphatic rings. The molecular weight excluding hydrogens is 672 g/mol. The number of aliphatic imine (C=N–C) groups is 1. The maximum absolute atomic E-state index is 14.5. The van der Waals surface area contributed by atoms with Crippen LogP contribution in [0, 0.1) is 17.7 Å². The number of hydrogen-bond acceptors (Lipinski definition) is 12. The van der Waals surface area contributed by atoms with E-state index < -0.39 is 35.4 Å². The minimum absolute atomic E-state index is 0.00935. The largest absolute Gasteiger partial charge is 0.442 e. The normalized spacial score (nSPS) is 14.5. The van der Waals surface area contributed by atoms with Crippen LogP contribution in [0.25, 0.3) is 16.3 Å². The first kappa shape index (κ1) is 39.8. The molecule has 272 valence electrons. The van der Waals surface area contributed by atoms with Crippen LogP contribution in [0.15, 0.2) is 40.6 Å². The summed E-state index contributed by atoms with van der Waals surface area (Å²) in [6.45, 7) is 5.80. The molecule has 2 amide bonds. The molecule has 1 saturated carbocycles. The van der Waals surface area contributed by atoms with Gasteiger partial charge in [-0.25, -0.2) is 19.0 Å². The summed E-state index contributed by atoms with van der Waals surface area (Å²) in [7, 11) is 0. The number of nitrogens with zero attached hydrogens (tertiary/aromatic N) is 5. The first-order chi connectivity index (χ1) is 23.9. The van der Waals surface area contributed by atoms with Crippen molar-refractivity contribution in [2.75, 3.05) is 13.2 Å². The van der Waals surface area contributed by atoms with Crippen LogP contribution in [0.2, 0.25) is 0 Å². The van der Waals surface area contributed by atoms with Gasteiger partial charge in [0.05, 0.1) is 29.7 Å². The number of aromatic nitrogens is 4. The SMILES string of the molecule is CC(C)C(N)C(=O)NCCCC(=O)OCn1cc(-c2nc(C(=O)N/C(C=NC3CCCCC3)=C(/N)c3nc(F)ccc3F)cs2)cn1.CCO. The molecule has 3 aromatic rings. The Hall–Kier alpha value is -4.61. The second kappa shape index (κ2) is 20.2. The number of aliphatic hydroxyl groups excluding tert-OH is 1. The standard InChI is InChI=1S/C31H39F2N9O4S.C2H6O/c1-18(2)26(34)30(45)36-12-6-9-25(43)46-17-42-15-19(13-38-42)31-40-23(16-47-31)29(44)39-22(14-37-20-7-4-3-5-8-20)27(35)28-21(32)10-11-24(33)41-28;1-2-3/h10-11,13-16,18,20,26H,3-9,12,17,34-35H2,1-2H3,(H,36,45)(H,39,44);3H,2H2,1H3/b27-22+,37-14?;. The lowest BCUT2D eigenvalue weighted by Crippen LogP contribution is -2.44. The average Bonchev–Trinajstić information content (AvgIpc) is 3.79. The Bertz CT molecular complexity index is 1640. The van der Waals surface area contributed by atoms with Crippen LogP contribution in [0.4, 0.5) is 8.78 Å². The lowest BCUT2D eigenvalue weighted by molar-refractivity contribution is -0.148. The molecule has 0 saturated heterocycles. The van der Waals surface area contributed by atoms with Crippen LogP contribution in [0.5, 0.6) is 0 Å². The smallest absolute Gasteiger partial charge is 0.307 e. The van der Waals surface area contributed by atoms with E-state index in [1.54, 1.807) is 13.1 Å². The number of esters is 1. The number of carbonyl (C=O) groups excluding carboxylic acids is 3. The molecule has 7 N–H and O–H groups in total. The Balaban J connectivity index is 0.00000217. The molecule has 1 fully saturated rings. The summed E-state index contributed by atoms with van der Waals surface area (Å²) < 4.78 is 35.0. The summed E-state index contributed by atoms with van der Waals surface area (Å²) >= 11 is 1.18. The number of hydrogen-bond donors (Lipinski definition) is 5. The zero-order valence-electron chi connectivity index (χ0n) is 28.4. The molecule has 4 rings (SSSR count). The summed E-state index contributed by atoms with van der Waals surface area (Å²) in [6, 6.07) is 1.20. The van der Waals surface area contributed by atoms with Crippen molar-refractivity contribution >= 4 is 41.0 Å². The summed E-state index contributed by atoms with van der Waals surface area (Å²) in [6.07, 6.45) is 9.92. The van der Waals surface area contributed by atoms with Gasteiger partial charge in [-0.3, -0.25) is 19.4 Å². The third-order valence-electron chi connectivity index (χ3n) is 7.45. The number of amides is 2. The third kappa shape index (κ3) is 12.4. The summed E-state index contributed by atoms with van der Waals surface area (Å²) in [5.41, 5.74) is 11.9. The van der Waals surface area contributed by atoms with Gasteiger partial charge in [0, 0.05) is 42.9 Å². The van der Waals surface area contributed by atoms with E-state index in [9.17, 15) is 23.2 Å². The molecule has 50 heavy (non-hydrogen) atoms. The number of ether oxygens (including phenoxy) is 1. The first-order valence-corrected chi connectivity index (χ1v) is 17.3. The Kier molecular flexibility index (Phi) is 16.1. The maximum atomic E-state index is 14.5. The van der Waals surface area contributed by atoms with E-state index in [0.29, 0.717) is 23.5 Å². The fraction of sp³-hybridized carbons (Fsp3) is 0.485. The number of allylic oxidation sites excluding steroid dienone is 1. The lowest BCUT2D eigenvalue weighted by atomic mass is 9.96. The number of nitrogens with one attached hydrogen (secondary N) is 2. The topological polar surface area (TPSA) is 213 Å². The van der Waals surface area contributed by atoms with Gasteiger partial charge in [0.2, 0.25) is 11.9 Å². The monoisotopic (exact) mass is 717 g/mol. The molecule has 0 radical (unpaired) electrons. The van der Waals surface area contributed by atoms with Gasteiger partial charge in [-0.05, 0) is 44.2 Å². The number of carbonyl (C=O) groups is 3. The van der Waals surface area contributed by atoms with Crippen molar-refractivity contribution in [2.45, 2.75) is 84.5 Å². The first-order valence-electron chi connectivity index (χ1n) is 16.4. The molecule has 14 nitrogen and oxygen atoms in total. The zero-order chi connectivity index (χ0) is 36.6. The molecule has 3 heterocycles. The van der Waals surface area contributed by atoms with Gasteiger partial charge < -0.3 is 31.9 Å². The molecule has 0 aromatic carbocycles. The number of halogens is 2. The number of thiazole rings is 1. The highest BCUT2D eigenvalue weighted by molar-refractivity contribution is 7.13. The van der Waals surface area contributed by atoms with Crippen LogP contribution in [0.3, 0.4) is 0 Å². The minimum atomic E-state index is -0.924. The van der Waals surface area contributed by atoms with Gasteiger partial charge in [0.15, 0.2) is 12.5 Å². The highest BCUT2D eigenvalue weighted by atomic mass is 32.1. The van der Waals surface area contributed by atoms with Crippen LogP contribution in [-0.4, -0.2) is 74.1 Å². The van der Waals surface area contributed by atoms with Gasteiger partial charge >= 0.3 is 5.97 Å². The van der Waals surface area contributed by atoms with Crippen LogP contribution in [0.1, 0.15) is 81.9 Å². The van der Waals surface area contributed by atoms with Gasteiger partial charge in [-0.15, -0.1) is 11.3 Å². The number of nitrogens with two attached hydrogens (primary N) is 2. The van der Waals surface area contributed by atoms with E-state index in [1.807, 2.05) is 13.8 Å². The second-order valence-electron chi connectivity index (χ2n) is 11.7. The Morgan fingerprint density at radius 2 is 1.92 bits per heavy atom. The van der Waals surface area contributed by atoms with E-state index in [1.165, 1.54) is 33.8 Å². The van der Waals surface area contributed by atoms with Gasteiger partial charge in [0.25, 0.3) is 5.91 Å². The molecular formula is C33H45F2N9O5S. The Labute approximate surface area is 293 Å². The highest BCUT2D eigenvalue weighted by Gasteiger charge is 2.20. The van der Waals surface area contributed by atoms with E-state index in [-0.39, 0.29) is 54.7 Å². The molecule has 0 spiro atoms. The molecule has 0 aliphatic heterocycles. The van der Waals surface area contributed by atoms with Crippen LogP contribution >= 0.6 is 11.3 Å². The number of rotatable bonds is 14. The van der Waals surface area contributed by atoms with Crippen LogP contribution < -0.4 is 22.1 Å². The van der Waals surface area contributed by atoms with Crippen molar-refractivity contribution in [3.05, 3.63) is 58.8 Å². The zero-order valence-corrected chi connectivity index (χ0v) is 29.2. The van der Waals surface area contributed by atoms with Crippen molar-refractivity contribution in [3.8, 4) is 10.6 Å². The van der Waals surface area contributed by atoms with E-state index >= 15 is 0 Å². The summed E-state index contributed by atoms with van der Waals surface area (Å²) in [5.74, 6) is -3.12. The Morgan fingerprint density at radius 1 is 1.20 bits per heavy atom. The predicted octanol–water partition coefficient (Wildman–Crippen LogP) is 3.52. The quantitative estimate of drug-likeness (QED) is 0.0708. The second-order valence-corrected chi connectivity index (χ2v) is 12.6. The highest BCUT2D eigenvalue weighted by Crippen LogP contribution is 2.24. The predicted molar refractivity (Wildman–Crippen MR) is 185 cm³/mol. The van der Waals surface area contributed by atoms with Gasteiger partial charge in [-0.2, -0.15) is 9.49 Å². The molecule has 1 atom stereocenters. The molecule has 0 bridgehead atoms. The van der Waals surface area contributed by atoms with E-state index in [2.05, 4.69) is 30.7 Å². The number of aliphatic hydroxyl groups is 1. The maximum Gasteiger partial charge on any atom is 0.307 e. The van der Waals surface area contributed by atoms with Crippen molar-refractivity contribution in [2.24, 2.45) is 22.4 Å². The van der Waals surface area contributed by atoms with Gasteiger partial charge in [0.1, 0.15) is 16.4 Å². The molecule has 1 aliphatic carbocycles. The summed E-state index contributed by atoms with van der Waals surface area (Å²) in [4.78, 5) is 49.7. The Morgan fingerprint density at radius 3 is 2.62 bits per heavy atom. The van der Waals surface area contributed by atoms with E-state index in [0.717, 1.165) is 44.2 Å². The lowest BCUT2D eigenvalue weighted by Gasteiger charge is -2.18. The van der Waals surface area contributed by atoms with Gasteiger partial charge in [-0.1, -0.05) is 33.1 Å². The number of pyridine rings is 1. The van der Waals surface area contributed by atoms with Crippen molar-refractivity contribution in [1.29, 1.82) is 0 Å². The fourth-order valence-corrected chi connectivity index (χ4v) is 5.41. The molecule has 17 heteroatoms. The molecule has 1 unspecified atom stereocenters. The average molecular weight is 718 g/mol. The van der Waals surface area contributed by atoms with Crippen LogP contribution in [-0.2, 0) is 21.1 Å². The van der Waals surface area contributed by atoms with Crippen molar-refractivity contribution in [1.82, 2.24) is 30.4 Å². The van der Waals surface area contributed by atoms with Crippen molar-refractivity contribution < 1.29 is 33.0 Å².